The van der Waals surface area contributed by atoms with Crippen LogP contribution in [0, 0.1) is 6.92 Å². The number of thiophene rings is 1. The lowest BCUT2D eigenvalue weighted by atomic mass is 9.81. The van der Waals surface area contributed by atoms with Crippen LogP contribution in [0.25, 0.3) is 104 Å². The number of rotatable bonds is 4. The van der Waals surface area contributed by atoms with Crippen LogP contribution in [0.15, 0.2) is 188 Å². The summed E-state index contributed by atoms with van der Waals surface area (Å²) in [6, 6.07) is 68.0. The lowest BCUT2D eigenvalue weighted by Gasteiger charge is -2.22. The highest BCUT2D eigenvalue weighted by Gasteiger charge is 2.36. The molecule has 60 heavy (non-hydrogen) atoms. The molecule has 10 aromatic rings. The van der Waals surface area contributed by atoms with E-state index in [2.05, 4.69) is 222 Å². The molecule has 0 nitrogen and oxygen atoms in total. The molecule has 0 unspecified atom stereocenters. The smallest absolute Gasteiger partial charge is 0.0358 e. The summed E-state index contributed by atoms with van der Waals surface area (Å²) in [6.45, 7) is 9.17. The van der Waals surface area contributed by atoms with Gasteiger partial charge >= 0.3 is 0 Å². The van der Waals surface area contributed by atoms with Crippen LogP contribution >= 0.6 is 11.3 Å². The summed E-state index contributed by atoms with van der Waals surface area (Å²) in [4.78, 5) is 1.35. The molecular weight excluding hydrogens is 741 g/mol. The summed E-state index contributed by atoms with van der Waals surface area (Å²) in [5.41, 5.74) is 14.1. The van der Waals surface area contributed by atoms with Gasteiger partial charge in [0.1, 0.15) is 0 Å². The Morgan fingerprint density at radius 1 is 0.417 bits per heavy atom. The van der Waals surface area contributed by atoms with Gasteiger partial charge in [0.15, 0.2) is 0 Å². The first-order valence-electron chi connectivity index (χ1n) is 21.0. The number of hydrogen-bond donors (Lipinski definition) is 0. The van der Waals surface area contributed by atoms with Crippen molar-refractivity contribution < 1.29 is 0 Å². The highest BCUT2D eigenvalue weighted by molar-refractivity contribution is 7.20. The third-order valence-electron chi connectivity index (χ3n) is 13.0. The van der Waals surface area contributed by atoms with Gasteiger partial charge in [0, 0.05) is 20.4 Å². The Morgan fingerprint density at radius 2 is 0.950 bits per heavy atom. The van der Waals surface area contributed by atoms with Crippen molar-refractivity contribution in [1.82, 2.24) is 0 Å². The molecule has 0 radical (unpaired) electrons. The van der Waals surface area contributed by atoms with E-state index < -0.39 is 0 Å². The molecule has 1 heteroatoms. The van der Waals surface area contributed by atoms with Gasteiger partial charge in [-0.05, 0) is 167 Å². The second-order valence-electron chi connectivity index (χ2n) is 16.8. The third kappa shape index (κ3) is 5.87. The van der Waals surface area contributed by atoms with Crippen LogP contribution in [-0.2, 0) is 5.41 Å². The molecule has 0 fully saturated rings. The van der Waals surface area contributed by atoms with Crippen LogP contribution in [-0.4, -0.2) is 0 Å². The average Bonchev–Trinajstić information content (AvgIpc) is 3.72. The fraction of sp³-hybridized carbons (Fsp3) is 0.0847. The normalized spacial score (nSPS) is 13.1. The van der Waals surface area contributed by atoms with Gasteiger partial charge in [-0.15, -0.1) is 11.3 Å². The van der Waals surface area contributed by atoms with Crippen LogP contribution in [0.2, 0.25) is 0 Å². The van der Waals surface area contributed by atoms with Crippen molar-refractivity contribution in [2.24, 2.45) is 0 Å². The highest BCUT2D eigenvalue weighted by Crippen LogP contribution is 2.52. The molecule has 0 amide bonds. The first-order valence-corrected chi connectivity index (χ1v) is 21.8. The third-order valence-corrected chi connectivity index (χ3v) is 14.2. The zero-order chi connectivity index (χ0) is 40.5. The molecule has 1 aliphatic rings. The van der Waals surface area contributed by atoms with Crippen LogP contribution in [0.4, 0.5) is 0 Å². The average molecular weight is 785 g/mol. The highest BCUT2D eigenvalue weighted by atomic mass is 32.1. The van der Waals surface area contributed by atoms with Gasteiger partial charge in [0.25, 0.3) is 0 Å². The Labute approximate surface area is 356 Å². The minimum atomic E-state index is -0.0879. The first-order chi connectivity index (χ1) is 29.4. The molecule has 1 aromatic heterocycles. The van der Waals surface area contributed by atoms with E-state index in [0.29, 0.717) is 0 Å². The number of benzene rings is 8. The lowest BCUT2D eigenvalue weighted by Crippen LogP contribution is -2.14. The van der Waals surface area contributed by atoms with Gasteiger partial charge in [-0.3, -0.25) is 0 Å². The van der Waals surface area contributed by atoms with Crippen molar-refractivity contribution in [1.29, 1.82) is 0 Å². The standard InChI is InChI=1S/C59H44S/c1-5-14-56-37(2)58-51-36-55-53(35-46(51)28-30-57(58)60-56)52-34-43(27-29-54(52)59(55,3)4)41-22-23-42-33-45(26-24-40(42)31-41)48-18-9-7-6-8-17-47(49-19-12-13-20-50(48)49)44-25-21-38-15-10-11-16-39(38)32-44/h5-36H,1-4H3/b7-6?,8-6?,9-7?,14-5-,17-8?,18-9?,47-17?,48-18?,49-47?,50-48?. The fourth-order valence-electron chi connectivity index (χ4n) is 9.85. The maximum absolute atomic E-state index is 2.50. The number of aryl methyl sites for hydroxylation is 1. The predicted octanol–water partition coefficient (Wildman–Crippen LogP) is 17.3. The second kappa shape index (κ2) is 14.2. The van der Waals surface area contributed by atoms with Crippen molar-refractivity contribution in [3.8, 4) is 44.5 Å². The topological polar surface area (TPSA) is 0 Å². The SMILES string of the molecule is C/C=C\c1sc2ccc3cc4c(cc3c2c1C)C(C)(C)c1ccc(-c2ccc3cc(-c5ccccccc(-c6ccc7ccccc7c6)c6ccccc56)ccc3c2)cc1-4. The second-order valence-corrected chi connectivity index (χ2v) is 17.9. The van der Waals surface area contributed by atoms with Gasteiger partial charge in [0.05, 0.1) is 0 Å². The van der Waals surface area contributed by atoms with Gasteiger partial charge in [-0.25, -0.2) is 0 Å². The summed E-state index contributed by atoms with van der Waals surface area (Å²) in [5, 5.41) is 11.5. The van der Waals surface area contributed by atoms with Crippen LogP contribution in [0.1, 0.15) is 42.3 Å². The lowest BCUT2D eigenvalue weighted by molar-refractivity contribution is 0.661. The molecule has 0 N–H and O–H groups in total. The Kier molecular flexibility index (Phi) is 8.58. The molecule has 286 valence electrons. The van der Waals surface area contributed by atoms with E-state index >= 15 is 0 Å². The van der Waals surface area contributed by atoms with Crippen molar-refractivity contribution in [3.63, 3.8) is 0 Å². The van der Waals surface area contributed by atoms with E-state index in [4.69, 9.17) is 0 Å². The Hall–Kier alpha value is -6.80. The molecule has 0 aliphatic heterocycles. The minimum Gasteiger partial charge on any atom is -0.136 e. The summed E-state index contributed by atoms with van der Waals surface area (Å²) in [7, 11) is 0. The van der Waals surface area contributed by atoms with E-state index in [1.165, 1.54) is 119 Å². The number of fused-ring (bicyclic) bond motifs is 9. The molecule has 1 heterocycles. The molecule has 0 bridgehead atoms. The summed E-state index contributed by atoms with van der Waals surface area (Å²) in [5.74, 6) is 0. The van der Waals surface area contributed by atoms with E-state index in [1.807, 2.05) is 11.3 Å². The van der Waals surface area contributed by atoms with E-state index in [-0.39, 0.29) is 5.41 Å². The van der Waals surface area contributed by atoms with Gasteiger partial charge in [-0.1, -0.05) is 159 Å². The van der Waals surface area contributed by atoms with E-state index in [9.17, 15) is 0 Å². The molecule has 11 rings (SSSR count). The van der Waals surface area contributed by atoms with Crippen LogP contribution < -0.4 is 0 Å². The molecule has 0 saturated carbocycles. The summed E-state index contributed by atoms with van der Waals surface area (Å²) < 4.78 is 1.36. The molecular formula is C59H44S. The van der Waals surface area contributed by atoms with Crippen LogP contribution in [0.5, 0.6) is 0 Å². The summed E-state index contributed by atoms with van der Waals surface area (Å²) in [6.07, 6.45) is 4.40. The summed E-state index contributed by atoms with van der Waals surface area (Å²) >= 11 is 1.90. The number of hydrogen-bond acceptors (Lipinski definition) is 1. The molecule has 9 aromatic carbocycles. The zero-order valence-electron chi connectivity index (χ0n) is 34.4. The van der Waals surface area contributed by atoms with E-state index in [0.717, 1.165) is 0 Å². The van der Waals surface area contributed by atoms with Gasteiger partial charge in [0.2, 0.25) is 0 Å². The largest absolute Gasteiger partial charge is 0.136 e. The fourth-order valence-corrected chi connectivity index (χ4v) is 11.0. The Bertz CT molecular complexity index is 3480. The predicted molar refractivity (Wildman–Crippen MR) is 263 cm³/mol. The van der Waals surface area contributed by atoms with Crippen molar-refractivity contribution in [2.45, 2.75) is 33.1 Å². The quantitative estimate of drug-likeness (QED) is 0.167. The van der Waals surface area contributed by atoms with Crippen molar-refractivity contribution in [3.05, 3.63) is 210 Å². The zero-order valence-corrected chi connectivity index (χ0v) is 35.2. The van der Waals surface area contributed by atoms with Gasteiger partial charge in [-0.2, -0.15) is 0 Å². The van der Waals surface area contributed by atoms with E-state index in [1.54, 1.807) is 0 Å². The number of allylic oxidation sites excluding steroid dienone is 1. The molecule has 0 spiro atoms. The van der Waals surface area contributed by atoms with Gasteiger partial charge < -0.3 is 0 Å². The van der Waals surface area contributed by atoms with Crippen molar-refractivity contribution in [2.75, 3.05) is 0 Å². The molecule has 1 aliphatic carbocycles. The first kappa shape index (κ1) is 36.3. The Balaban J connectivity index is 0.999. The van der Waals surface area contributed by atoms with Crippen molar-refractivity contribution >= 4 is 70.6 Å². The minimum absolute atomic E-state index is 0.0879. The molecule has 0 atom stereocenters. The Morgan fingerprint density at radius 3 is 1.65 bits per heavy atom. The maximum Gasteiger partial charge on any atom is 0.0358 e. The maximum atomic E-state index is 2.50. The monoisotopic (exact) mass is 784 g/mol. The molecule has 0 saturated heterocycles. The van der Waals surface area contributed by atoms with Crippen LogP contribution in [0.3, 0.4) is 0 Å².